The average molecular weight is 294 g/mol. The SMILES string of the molecule is O=c1cc[nH]c(=O)n1Cc1cc2nccc(Cl)c2s1. The first-order valence-corrected chi connectivity index (χ1v) is 6.66. The molecule has 0 aliphatic rings. The zero-order valence-electron chi connectivity index (χ0n) is 9.59. The third kappa shape index (κ3) is 2.20. The molecule has 0 atom stereocenters. The van der Waals surface area contributed by atoms with E-state index in [9.17, 15) is 9.59 Å². The second kappa shape index (κ2) is 4.64. The van der Waals surface area contributed by atoms with Crippen molar-refractivity contribution in [3.05, 3.63) is 61.3 Å². The number of pyridine rings is 1. The molecule has 5 nitrogen and oxygen atoms in total. The van der Waals surface area contributed by atoms with Crippen LogP contribution in [0.25, 0.3) is 10.2 Å². The molecule has 0 amide bonds. The molecule has 0 aromatic carbocycles. The molecule has 19 heavy (non-hydrogen) atoms. The zero-order valence-corrected chi connectivity index (χ0v) is 11.2. The van der Waals surface area contributed by atoms with E-state index in [-0.39, 0.29) is 12.1 Å². The lowest BCUT2D eigenvalue weighted by atomic mass is 10.3. The highest BCUT2D eigenvalue weighted by molar-refractivity contribution is 7.19. The van der Waals surface area contributed by atoms with Crippen molar-refractivity contribution in [2.24, 2.45) is 0 Å². The lowest BCUT2D eigenvalue weighted by molar-refractivity contribution is 0.707. The monoisotopic (exact) mass is 293 g/mol. The van der Waals surface area contributed by atoms with E-state index in [4.69, 9.17) is 11.6 Å². The normalized spacial score (nSPS) is 11.0. The summed E-state index contributed by atoms with van der Waals surface area (Å²) in [4.78, 5) is 30.8. The molecule has 3 aromatic rings. The van der Waals surface area contributed by atoms with Crippen LogP contribution in [0.2, 0.25) is 5.02 Å². The van der Waals surface area contributed by atoms with Crippen LogP contribution in [0.4, 0.5) is 0 Å². The molecule has 0 aliphatic heterocycles. The molecule has 0 aliphatic carbocycles. The molecular formula is C12H8ClN3O2S. The van der Waals surface area contributed by atoms with Crippen molar-refractivity contribution in [1.82, 2.24) is 14.5 Å². The van der Waals surface area contributed by atoms with Crippen LogP contribution in [-0.2, 0) is 6.54 Å². The molecule has 0 fully saturated rings. The number of fused-ring (bicyclic) bond motifs is 1. The average Bonchev–Trinajstić information content (AvgIpc) is 2.78. The summed E-state index contributed by atoms with van der Waals surface area (Å²) in [5.41, 5.74) is 0.0113. The van der Waals surface area contributed by atoms with Crippen LogP contribution >= 0.6 is 22.9 Å². The number of nitrogens with zero attached hydrogens (tertiary/aromatic N) is 2. The molecule has 0 saturated carbocycles. The molecular weight excluding hydrogens is 286 g/mol. The van der Waals surface area contributed by atoms with Gasteiger partial charge in [0.2, 0.25) is 0 Å². The molecule has 0 bridgehead atoms. The van der Waals surface area contributed by atoms with Gasteiger partial charge in [-0.25, -0.2) is 4.79 Å². The lowest BCUT2D eigenvalue weighted by Crippen LogP contribution is -2.33. The van der Waals surface area contributed by atoms with Gasteiger partial charge in [0.25, 0.3) is 5.56 Å². The summed E-state index contributed by atoms with van der Waals surface area (Å²) in [5, 5.41) is 0.621. The van der Waals surface area contributed by atoms with Gasteiger partial charge in [0.05, 0.1) is 21.8 Å². The van der Waals surface area contributed by atoms with Gasteiger partial charge < -0.3 is 4.98 Å². The molecule has 3 aromatic heterocycles. The summed E-state index contributed by atoms with van der Waals surface area (Å²) in [6.07, 6.45) is 2.97. The quantitative estimate of drug-likeness (QED) is 0.784. The maximum atomic E-state index is 11.6. The number of aromatic nitrogens is 3. The van der Waals surface area contributed by atoms with E-state index in [0.29, 0.717) is 5.02 Å². The van der Waals surface area contributed by atoms with Crippen molar-refractivity contribution in [2.45, 2.75) is 6.54 Å². The summed E-state index contributed by atoms with van der Waals surface area (Å²) in [6.45, 7) is 0.215. The Kier molecular flexibility index (Phi) is 2.96. The van der Waals surface area contributed by atoms with Gasteiger partial charge in [-0.3, -0.25) is 14.3 Å². The molecule has 1 N–H and O–H groups in total. The number of hydrogen-bond donors (Lipinski definition) is 1. The largest absolute Gasteiger partial charge is 0.328 e. The van der Waals surface area contributed by atoms with E-state index in [2.05, 4.69) is 9.97 Å². The van der Waals surface area contributed by atoms with Crippen molar-refractivity contribution < 1.29 is 0 Å². The Labute approximate surface area is 116 Å². The fourth-order valence-electron chi connectivity index (χ4n) is 1.79. The standard InChI is InChI=1S/C12H8ClN3O2S/c13-8-1-3-14-9-5-7(19-11(8)9)6-16-10(17)2-4-15-12(16)18/h1-5H,6H2,(H,15,18). The molecule has 0 saturated heterocycles. The minimum Gasteiger partial charge on any atom is -0.314 e. The maximum Gasteiger partial charge on any atom is 0.328 e. The first-order valence-electron chi connectivity index (χ1n) is 5.46. The zero-order chi connectivity index (χ0) is 13.4. The van der Waals surface area contributed by atoms with Crippen LogP contribution in [0.15, 0.2) is 40.2 Å². The first-order chi connectivity index (χ1) is 9.15. The van der Waals surface area contributed by atoms with Crippen LogP contribution in [0, 0.1) is 0 Å². The topological polar surface area (TPSA) is 67.8 Å². The summed E-state index contributed by atoms with van der Waals surface area (Å²) in [6, 6.07) is 4.87. The van der Waals surface area contributed by atoms with Gasteiger partial charge in [-0.1, -0.05) is 11.6 Å². The first kappa shape index (κ1) is 12.1. The Bertz CT molecular complexity index is 837. The number of hydrogen-bond acceptors (Lipinski definition) is 4. The summed E-state index contributed by atoms with van der Waals surface area (Å²) < 4.78 is 2.00. The Morgan fingerprint density at radius 3 is 2.95 bits per heavy atom. The van der Waals surface area contributed by atoms with Gasteiger partial charge in [-0.2, -0.15) is 0 Å². The molecule has 3 rings (SSSR count). The third-order valence-corrected chi connectivity index (χ3v) is 4.24. The predicted octanol–water partition coefficient (Wildman–Crippen LogP) is 1.85. The lowest BCUT2D eigenvalue weighted by Gasteiger charge is -2.00. The summed E-state index contributed by atoms with van der Waals surface area (Å²) in [5.74, 6) is 0. The van der Waals surface area contributed by atoms with E-state index in [1.165, 1.54) is 23.6 Å². The number of thiophene rings is 1. The van der Waals surface area contributed by atoms with Gasteiger partial charge >= 0.3 is 5.69 Å². The number of rotatable bonds is 2. The molecule has 3 heterocycles. The van der Waals surface area contributed by atoms with Crippen molar-refractivity contribution >= 4 is 33.2 Å². The van der Waals surface area contributed by atoms with Gasteiger partial charge in [-0.05, 0) is 12.1 Å². The van der Waals surface area contributed by atoms with Crippen LogP contribution in [0.3, 0.4) is 0 Å². The predicted molar refractivity (Wildman–Crippen MR) is 75.1 cm³/mol. The third-order valence-electron chi connectivity index (χ3n) is 2.67. The Hall–Kier alpha value is -1.92. The van der Waals surface area contributed by atoms with Crippen LogP contribution in [0.5, 0.6) is 0 Å². The molecule has 0 unspecified atom stereocenters. The number of H-pyrrole nitrogens is 1. The van der Waals surface area contributed by atoms with Gasteiger partial charge in [-0.15, -0.1) is 11.3 Å². The maximum absolute atomic E-state index is 11.6. The Morgan fingerprint density at radius 1 is 1.37 bits per heavy atom. The van der Waals surface area contributed by atoms with Crippen LogP contribution < -0.4 is 11.2 Å². The van der Waals surface area contributed by atoms with E-state index >= 15 is 0 Å². The van der Waals surface area contributed by atoms with Crippen molar-refractivity contribution in [1.29, 1.82) is 0 Å². The van der Waals surface area contributed by atoms with Gasteiger partial charge in [0, 0.05) is 23.3 Å². The minimum absolute atomic E-state index is 0.215. The molecule has 7 heteroatoms. The highest BCUT2D eigenvalue weighted by Crippen LogP contribution is 2.30. The fraction of sp³-hybridized carbons (Fsp3) is 0.0833. The van der Waals surface area contributed by atoms with Gasteiger partial charge in [0.15, 0.2) is 0 Å². The van der Waals surface area contributed by atoms with Crippen molar-refractivity contribution in [3.63, 3.8) is 0 Å². The van der Waals surface area contributed by atoms with Gasteiger partial charge in [0.1, 0.15) is 0 Å². The molecule has 96 valence electrons. The van der Waals surface area contributed by atoms with E-state index < -0.39 is 5.69 Å². The highest BCUT2D eigenvalue weighted by atomic mass is 35.5. The summed E-state index contributed by atoms with van der Waals surface area (Å²) in [7, 11) is 0. The van der Waals surface area contributed by atoms with E-state index in [0.717, 1.165) is 19.7 Å². The molecule has 0 radical (unpaired) electrons. The number of aromatic amines is 1. The Balaban J connectivity index is 2.09. The van der Waals surface area contributed by atoms with Crippen LogP contribution in [-0.4, -0.2) is 14.5 Å². The second-order valence-electron chi connectivity index (χ2n) is 3.93. The number of halogens is 1. The second-order valence-corrected chi connectivity index (χ2v) is 5.47. The summed E-state index contributed by atoms with van der Waals surface area (Å²) >= 11 is 7.50. The fourth-order valence-corrected chi connectivity index (χ4v) is 3.07. The Morgan fingerprint density at radius 2 is 2.21 bits per heavy atom. The number of nitrogens with one attached hydrogen (secondary N) is 1. The molecule has 0 spiro atoms. The smallest absolute Gasteiger partial charge is 0.314 e. The van der Waals surface area contributed by atoms with Crippen molar-refractivity contribution in [2.75, 3.05) is 0 Å². The highest BCUT2D eigenvalue weighted by Gasteiger charge is 2.08. The van der Waals surface area contributed by atoms with Crippen molar-refractivity contribution in [3.8, 4) is 0 Å². The van der Waals surface area contributed by atoms with Crippen LogP contribution in [0.1, 0.15) is 4.88 Å². The minimum atomic E-state index is -0.427. The van der Waals surface area contributed by atoms with E-state index in [1.54, 1.807) is 12.3 Å². The van der Waals surface area contributed by atoms with E-state index in [1.807, 2.05) is 6.07 Å².